The Morgan fingerprint density at radius 3 is 2.24 bits per heavy atom. The van der Waals surface area contributed by atoms with E-state index < -0.39 is 23.1 Å². The Bertz CT molecular complexity index is 1700. The summed E-state index contributed by atoms with van der Waals surface area (Å²) in [5, 5.41) is -0.183. The van der Waals surface area contributed by atoms with E-state index >= 15 is 0 Å². The van der Waals surface area contributed by atoms with Gasteiger partial charge in [-0.3, -0.25) is 9.78 Å². The van der Waals surface area contributed by atoms with Gasteiger partial charge in [0.15, 0.2) is 0 Å². The Hall–Kier alpha value is -3.76. The number of hydrogen-bond acceptors (Lipinski definition) is 6. The van der Waals surface area contributed by atoms with Crippen LogP contribution in [0.25, 0.3) is 21.2 Å². The van der Waals surface area contributed by atoms with E-state index in [0.29, 0.717) is 31.4 Å². The summed E-state index contributed by atoms with van der Waals surface area (Å²) >= 11 is 7.45. The molecule has 0 aliphatic heterocycles. The Kier molecular flexibility index (Phi) is 9.65. The smallest absolute Gasteiger partial charge is 0.410 e. The van der Waals surface area contributed by atoms with Crippen molar-refractivity contribution in [1.82, 2.24) is 14.8 Å². The number of benzene rings is 2. The number of pyridine rings is 1. The van der Waals surface area contributed by atoms with Crippen molar-refractivity contribution >= 4 is 45.0 Å². The lowest BCUT2D eigenvalue weighted by molar-refractivity contribution is 0.0144. The number of thiophene rings is 1. The minimum atomic E-state index is -0.682. The van der Waals surface area contributed by atoms with Crippen molar-refractivity contribution in [2.45, 2.75) is 70.7 Å². The molecule has 2 heterocycles. The number of carbonyl (C=O) groups is 2. The van der Waals surface area contributed by atoms with Gasteiger partial charge in [-0.2, -0.15) is 0 Å². The standard InChI is InChI=1S/C34H36ClF2N3O4S/c1-34(2,3)44-33(42)39(4)23-6-8-24(9-7-23)40(32(41)31-29(35)28-26(36)10-11-27(37)30(28)45-31)19-20-16-22(18-25(17-20)43-5)21-12-14-38-15-13-21/h10-18,23-24H,6-9,19H2,1-5H3/t23-,24-. The number of carbonyl (C=O) groups excluding carboxylic acids is 2. The Morgan fingerprint density at radius 1 is 0.978 bits per heavy atom. The summed E-state index contributed by atoms with van der Waals surface area (Å²) in [6, 6.07) is 11.3. The van der Waals surface area contributed by atoms with Crippen LogP contribution in [-0.2, 0) is 11.3 Å². The molecule has 11 heteroatoms. The molecule has 2 aromatic carbocycles. The molecule has 1 aliphatic rings. The van der Waals surface area contributed by atoms with Crippen molar-refractivity contribution in [3.63, 3.8) is 0 Å². The van der Waals surface area contributed by atoms with Gasteiger partial charge in [-0.15, -0.1) is 11.3 Å². The SMILES string of the molecule is COc1cc(CN(C(=O)c2sc3c(F)ccc(F)c3c2Cl)[C@H]2CC[C@H](N(C)C(=O)OC(C)(C)C)CC2)cc(-c2ccncc2)c1. The van der Waals surface area contributed by atoms with Crippen LogP contribution >= 0.6 is 22.9 Å². The predicted octanol–water partition coefficient (Wildman–Crippen LogP) is 8.72. The third-order valence-corrected chi connectivity index (χ3v) is 9.72. The Morgan fingerprint density at radius 2 is 1.62 bits per heavy atom. The molecule has 5 rings (SSSR count). The van der Waals surface area contributed by atoms with Crippen molar-refractivity contribution in [3.8, 4) is 16.9 Å². The summed E-state index contributed by atoms with van der Waals surface area (Å²) in [6.07, 6.45) is 5.53. The van der Waals surface area contributed by atoms with Gasteiger partial charge in [0.05, 0.1) is 22.2 Å². The fraction of sp³-hybridized carbons (Fsp3) is 0.382. The fourth-order valence-electron chi connectivity index (χ4n) is 5.75. The maximum Gasteiger partial charge on any atom is 0.410 e. The van der Waals surface area contributed by atoms with Crippen LogP contribution < -0.4 is 4.74 Å². The number of hydrogen-bond donors (Lipinski definition) is 0. The van der Waals surface area contributed by atoms with Gasteiger partial charge in [0, 0.05) is 38.1 Å². The van der Waals surface area contributed by atoms with E-state index in [1.807, 2.05) is 51.1 Å². The van der Waals surface area contributed by atoms with Crippen molar-refractivity contribution < 1.29 is 27.8 Å². The molecule has 1 saturated carbocycles. The molecule has 238 valence electrons. The monoisotopic (exact) mass is 655 g/mol. The summed E-state index contributed by atoms with van der Waals surface area (Å²) in [4.78, 5) is 34.6. The average Bonchev–Trinajstić information content (AvgIpc) is 3.38. The van der Waals surface area contributed by atoms with Crippen molar-refractivity contribution in [3.05, 3.63) is 82.0 Å². The molecule has 0 spiro atoms. The number of halogens is 3. The molecular weight excluding hydrogens is 620 g/mol. The quantitative estimate of drug-likeness (QED) is 0.199. The average molecular weight is 656 g/mol. The number of rotatable bonds is 7. The highest BCUT2D eigenvalue weighted by Gasteiger charge is 2.35. The molecule has 7 nitrogen and oxygen atoms in total. The molecule has 0 radical (unpaired) electrons. The van der Waals surface area contributed by atoms with Gasteiger partial charge < -0.3 is 19.3 Å². The Balaban J connectivity index is 1.48. The molecule has 2 aromatic heterocycles. The molecule has 1 fully saturated rings. The van der Waals surface area contributed by atoms with Crippen LogP contribution in [0.1, 0.15) is 61.7 Å². The zero-order valence-corrected chi connectivity index (χ0v) is 27.5. The van der Waals surface area contributed by atoms with Gasteiger partial charge in [0.2, 0.25) is 0 Å². The first kappa shape index (κ1) is 32.6. The zero-order chi connectivity index (χ0) is 32.5. The van der Waals surface area contributed by atoms with Gasteiger partial charge in [-0.25, -0.2) is 13.6 Å². The van der Waals surface area contributed by atoms with E-state index in [0.717, 1.165) is 40.2 Å². The lowest BCUT2D eigenvalue weighted by Gasteiger charge is -2.40. The molecule has 0 saturated heterocycles. The summed E-state index contributed by atoms with van der Waals surface area (Å²) < 4.78 is 40.6. The highest BCUT2D eigenvalue weighted by molar-refractivity contribution is 7.21. The van der Waals surface area contributed by atoms with E-state index in [1.54, 1.807) is 36.4 Å². The molecule has 0 N–H and O–H groups in total. The molecule has 0 bridgehead atoms. The number of methoxy groups -OCH3 is 1. The van der Waals surface area contributed by atoms with Gasteiger partial charge in [0.25, 0.3) is 5.91 Å². The number of amides is 2. The van der Waals surface area contributed by atoms with Crippen molar-refractivity contribution in [1.29, 1.82) is 0 Å². The van der Waals surface area contributed by atoms with Crippen LogP contribution in [0.5, 0.6) is 5.75 Å². The fourth-order valence-corrected chi connectivity index (χ4v) is 7.26. The summed E-state index contributed by atoms with van der Waals surface area (Å²) in [7, 11) is 3.32. The van der Waals surface area contributed by atoms with Crippen LogP contribution in [0.2, 0.25) is 5.02 Å². The minimum absolute atomic E-state index is 0.00680. The van der Waals surface area contributed by atoms with Gasteiger partial charge >= 0.3 is 6.09 Å². The number of fused-ring (bicyclic) bond motifs is 1. The number of ether oxygens (including phenoxy) is 2. The number of aromatic nitrogens is 1. The first-order valence-corrected chi connectivity index (χ1v) is 16.0. The van der Waals surface area contributed by atoms with Crippen LogP contribution in [-0.4, -0.2) is 58.6 Å². The maximum atomic E-state index is 14.8. The van der Waals surface area contributed by atoms with E-state index in [2.05, 4.69) is 4.98 Å². The highest BCUT2D eigenvalue weighted by atomic mass is 35.5. The van der Waals surface area contributed by atoms with Gasteiger partial charge in [-0.1, -0.05) is 11.6 Å². The van der Waals surface area contributed by atoms with Gasteiger partial charge in [-0.05, 0) is 106 Å². The van der Waals surface area contributed by atoms with E-state index in [1.165, 1.54) is 0 Å². The van der Waals surface area contributed by atoms with Crippen molar-refractivity contribution in [2.24, 2.45) is 0 Å². The molecule has 0 unspecified atom stereocenters. The second-order valence-corrected chi connectivity index (χ2v) is 13.7. The second kappa shape index (κ2) is 13.3. The van der Waals surface area contributed by atoms with Crippen LogP contribution in [0.15, 0.2) is 54.9 Å². The van der Waals surface area contributed by atoms with Crippen LogP contribution in [0.4, 0.5) is 13.6 Å². The topological polar surface area (TPSA) is 72.0 Å². The van der Waals surface area contributed by atoms with E-state index in [-0.39, 0.29) is 44.7 Å². The molecule has 2 amide bonds. The molecule has 4 aromatic rings. The molecular formula is C34H36ClF2N3O4S. The first-order chi connectivity index (χ1) is 21.4. The van der Waals surface area contributed by atoms with Crippen molar-refractivity contribution in [2.75, 3.05) is 14.2 Å². The minimum Gasteiger partial charge on any atom is -0.497 e. The normalized spacial score (nSPS) is 16.8. The van der Waals surface area contributed by atoms with Gasteiger partial charge in [0.1, 0.15) is 27.9 Å². The lowest BCUT2D eigenvalue weighted by atomic mass is 9.89. The molecule has 0 atom stereocenters. The predicted molar refractivity (Wildman–Crippen MR) is 173 cm³/mol. The molecule has 45 heavy (non-hydrogen) atoms. The molecule has 1 aliphatic carbocycles. The van der Waals surface area contributed by atoms with E-state index in [4.69, 9.17) is 21.1 Å². The van der Waals surface area contributed by atoms with Crippen LogP contribution in [0, 0.1) is 11.6 Å². The van der Waals surface area contributed by atoms with Crippen LogP contribution in [0.3, 0.4) is 0 Å². The summed E-state index contributed by atoms with van der Waals surface area (Å²) in [5.74, 6) is -1.10. The van der Waals surface area contributed by atoms with E-state index in [9.17, 15) is 18.4 Å². The number of nitrogens with zero attached hydrogens (tertiary/aromatic N) is 3. The third kappa shape index (κ3) is 7.23. The summed E-state index contributed by atoms with van der Waals surface area (Å²) in [6.45, 7) is 5.69. The summed E-state index contributed by atoms with van der Waals surface area (Å²) in [5.41, 5.74) is 2.04. The Labute approximate surface area is 270 Å². The largest absolute Gasteiger partial charge is 0.497 e. The highest BCUT2D eigenvalue weighted by Crippen LogP contribution is 2.40. The first-order valence-electron chi connectivity index (χ1n) is 14.8. The lowest BCUT2D eigenvalue weighted by Crippen LogP contribution is -2.47. The zero-order valence-electron chi connectivity index (χ0n) is 25.9. The second-order valence-electron chi connectivity index (χ2n) is 12.3. The third-order valence-electron chi connectivity index (χ3n) is 8.04. The maximum absolute atomic E-state index is 14.8.